The van der Waals surface area contributed by atoms with E-state index in [2.05, 4.69) is 5.32 Å². The molecule has 35 heavy (non-hydrogen) atoms. The number of carbonyl (C=O) groups is 3. The van der Waals surface area contributed by atoms with Gasteiger partial charge in [0.05, 0.1) is 29.5 Å². The second-order valence-corrected chi connectivity index (χ2v) is 8.58. The van der Waals surface area contributed by atoms with Crippen LogP contribution in [0.25, 0.3) is 0 Å². The topological polar surface area (TPSA) is 99.2 Å². The maximum absolute atomic E-state index is 13.2. The average Bonchev–Trinajstić information content (AvgIpc) is 2.88. The van der Waals surface area contributed by atoms with E-state index in [4.69, 9.17) is 27.9 Å². The van der Waals surface area contributed by atoms with E-state index in [1.54, 1.807) is 35.2 Å². The van der Waals surface area contributed by atoms with Crippen LogP contribution in [0, 0.1) is 0 Å². The predicted molar refractivity (Wildman–Crippen MR) is 133 cm³/mol. The van der Waals surface area contributed by atoms with Crippen LogP contribution < -0.4 is 10.4 Å². The van der Waals surface area contributed by atoms with Crippen LogP contribution in [0.2, 0.25) is 10.0 Å². The summed E-state index contributed by atoms with van der Waals surface area (Å²) in [4.78, 5) is 40.4. The molecular weight excluding hydrogens is 493 g/mol. The zero-order chi connectivity index (χ0) is 24.9. The highest BCUT2D eigenvalue weighted by Crippen LogP contribution is 2.27. The summed E-state index contributed by atoms with van der Waals surface area (Å²) in [5.41, 5.74) is 0.800. The molecule has 1 saturated heterocycles. The van der Waals surface area contributed by atoms with Gasteiger partial charge in [-0.3, -0.25) is 19.6 Å². The summed E-state index contributed by atoms with van der Waals surface area (Å²) >= 11 is 12.1. The SMILES string of the molecule is O=C(Nc1cc(C(=O)N2CCOCC2)cc(N(O)C(=O)c2ccccc2)c1)c1ccc(Cl)cc1Cl. The number of morpholine rings is 1. The molecule has 0 aliphatic carbocycles. The first-order valence-corrected chi connectivity index (χ1v) is 11.5. The fraction of sp³-hybridized carbons (Fsp3) is 0.160. The number of rotatable bonds is 5. The Balaban J connectivity index is 1.68. The highest BCUT2D eigenvalue weighted by Gasteiger charge is 2.23. The number of amides is 3. The number of carbonyl (C=O) groups excluding carboxylic acids is 3. The van der Waals surface area contributed by atoms with Crippen molar-refractivity contribution in [2.75, 3.05) is 36.7 Å². The van der Waals surface area contributed by atoms with Crippen LogP contribution >= 0.6 is 23.2 Å². The minimum atomic E-state index is -0.695. The van der Waals surface area contributed by atoms with E-state index >= 15 is 0 Å². The van der Waals surface area contributed by atoms with Gasteiger partial charge in [0.1, 0.15) is 0 Å². The molecule has 1 aliphatic rings. The van der Waals surface area contributed by atoms with Gasteiger partial charge in [-0.1, -0.05) is 41.4 Å². The van der Waals surface area contributed by atoms with Crippen LogP contribution in [-0.2, 0) is 4.74 Å². The quantitative estimate of drug-likeness (QED) is 0.378. The summed E-state index contributed by atoms with van der Waals surface area (Å²) in [5, 5.41) is 14.3. The Morgan fingerprint density at radius 2 is 1.63 bits per heavy atom. The second kappa shape index (κ2) is 10.9. The molecule has 0 bridgehead atoms. The molecule has 0 atom stereocenters. The summed E-state index contributed by atoms with van der Waals surface area (Å²) in [7, 11) is 0. The number of ether oxygens (including phenoxy) is 1. The number of halogens is 2. The molecule has 1 aliphatic heterocycles. The van der Waals surface area contributed by atoms with Gasteiger partial charge in [-0.05, 0) is 48.5 Å². The van der Waals surface area contributed by atoms with E-state index in [0.29, 0.717) is 36.4 Å². The van der Waals surface area contributed by atoms with Gasteiger partial charge < -0.3 is 15.0 Å². The van der Waals surface area contributed by atoms with Gasteiger partial charge in [0.25, 0.3) is 17.7 Å². The molecular formula is C25H21Cl2N3O5. The van der Waals surface area contributed by atoms with Gasteiger partial charge in [-0.2, -0.15) is 5.06 Å². The molecule has 3 aromatic carbocycles. The maximum atomic E-state index is 13.2. The Labute approximate surface area is 211 Å². The van der Waals surface area contributed by atoms with Crippen molar-refractivity contribution < 1.29 is 24.3 Å². The van der Waals surface area contributed by atoms with E-state index in [1.165, 1.54) is 36.4 Å². The molecule has 0 aromatic heterocycles. The number of nitrogens with one attached hydrogen (secondary N) is 1. The molecule has 0 radical (unpaired) electrons. The number of benzene rings is 3. The number of hydrogen-bond donors (Lipinski definition) is 2. The molecule has 1 fully saturated rings. The first-order valence-electron chi connectivity index (χ1n) is 10.7. The van der Waals surface area contributed by atoms with Crippen LogP contribution in [0.3, 0.4) is 0 Å². The maximum Gasteiger partial charge on any atom is 0.281 e. The Kier molecular flexibility index (Phi) is 7.67. The van der Waals surface area contributed by atoms with Crippen molar-refractivity contribution in [2.24, 2.45) is 0 Å². The fourth-order valence-electron chi connectivity index (χ4n) is 3.57. The third kappa shape index (κ3) is 5.80. The van der Waals surface area contributed by atoms with E-state index in [1.807, 2.05) is 0 Å². The monoisotopic (exact) mass is 513 g/mol. The molecule has 0 spiro atoms. The van der Waals surface area contributed by atoms with Gasteiger partial charge in [0.2, 0.25) is 0 Å². The van der Waals surface area contributed by atoms with E-state index in [9.17, 15) is 19.6 Å². The minimum absolute atomic E-state index is 0.00969. The predicted octanol–water partition coefficient (Wildman–Crippen LogP) is 4.75. The Hall–Kier alpha value is -3.43. The molecule has 3 amide bonds. The van der Waals surface area contributed by atoms with Crippen LogP contribution in [0.5, 0.6) is 0 Å². The van der Waals surface area contributed by atoms with Gasteiger partial charge in [-0.15, -0.1) is 0 Å². The van der Waals surface area contributed by atoms with Crippen molar-refractivity contribution in [1.82, 2.24) is 4.90 Å². The first kappa shape index (κ1) is 24.7. The average molecular weight is 514 g/mol. The van der Waals surface area contributed by atoms with E-state index in [0.717, 1.165) is 0 Å². The zero-order valence-corrected chi connectivity index (χ0v) is 19.9. The molecule has 3 aromatic rings. The smallest absolute Gasteiger partial charge is 0.281 e. The van der Waals surface area contributed by atoms with Gasteiger partial charge in [-0.25, -0.2) is 0 Å². The number of hydroxylamine groups is 1. The summed E-state index contributed by atoms with van der Waals surface area (Å²) in [5.74, 6) is -1.57. The third-order valence-electron chi connectivity index (χ3n) is 5.35. The van der Waals surface area contributed by atoms with Crippen LogP contribution in [0.4, 0.5) is 11.4 Å². The first-order chi connectivity index (χ1) is 16.8. The highest BCUT2D eigenvalue weighted by atomic mass is 35.5. The van der Waals surface area contributed by atoms with Gasteiger partial charge >= 0.3 is 0 Å². The van der Waals surface area contributed by atoms with Crippen molar-refractivity contribution in [1.29, 1.82) is 0 Å². The Morgan fingerprint density at radius 3 is 2.31 bits per heavy atom. The summed E-state index contributed by atoms with van der Waals surface area (Å²) in [6.07, 6.45) is 0. The standard InChI is InChI=1S/C25H21Cl2N3O5/c26-18-6-7-21(22(27)14-18)23(31)28-19-12-17(24(32)29-8-10-35-11-9-29)13-20(15-19)30(34)25(33)16-4-2-1-3-5-16/h1-7,12-15,34H,8-11H2,(H,28,31). The zero-order valence-electron chi connectivity index (χ0n) is 18.4. The van der Waals surface area contributed by atoms with Crippen molar-refractivity contribution in [3.05, 3.63) is 93.5 Å². The number of nitrogens with zero attached hydrogens (tertiary/aromatic N) is 2. The molecule has 180 valence electrons. The molecule has 0 unspecified atom stereocenters. The lowest BCUT2D eigenvalue weighted by Gasteiger charge is -2.27. The molecule has 2 N–H and O–H groups in total. The molecule has 4 rings (SSSR count). The summed E-state index contributed by atoms with van der Waals surface area (Å²) < 4.78 is 5.31. The summed E-state index contributed by atoms with van der Waals surface area (Å²) in [6, 6.07) is 16.9. The molecule has 8 nitrogen and oxygen atoms in total. The van der Waals surface area contributed by atoms with Crippen molar-refractivity contribution in [3.63, 3.8) is 0 Å². The van der Waals surface area contributed by atoms with Crippen molar-refractivity contribution in [2.45, 2.75) is 0 Å². The van der Waals surface area contributed by atoms with E-state index in [-0.39, 0.29) is 39.0 Å². The molecule has 0 saturated carbocycles. The molecule has 10 heteroatoms. The van der Waals surface area contributed by atoms with E-state index < -0.39 is 11.8 Å². The van der Waals surface area contributed by atoms with Crippen molar-refractivity contribution >= 4 is 52.3 Å². The van der Waals surface area contributed by atoms with Crippen molar-refractivity contribution in [3.8, 4) is 0 Å². The van der Waals surface area contributed by atoms with Crippen LogP contribution in [-0.4, -0.2) is 54.1 Å². The Morgan fingerprint density at radius 1 is 0.914 bits per heavy atom. The molecule has 1 heterocycles. The minimum Gasteiger partial charge on any atom is -0.378 e. The highest BCUT2D eigenvalue weighted by molar-refractivity contribution is 6.37. The lowest BCUT2D eigenvalue weighted by atomic mass is 10.1. The van der Waals surface area contributed by atoms with Crippen LogP contribution in [0.15, 0.2) is 66.7 Å². The lowest BCUT2D eigenvalue weighted by molar-refractivity contribution is 0.0303. The fourth-order valence-corrected chi connectivity index (χ4v) is 4.06. The third-order valence-corrected chi connectivity index (χ3v) is 5.90. The number of hydrogen-bond acceptors (Lipinski definition) is 5. The second-order valence-electron chi connectivity index (χ2n) is 7.73. The Bertz CT molecular complexity index is 1260. The lowest BCUT2D eigenvalue weighted by Crippen LogP contribution is -2.40. The summed E-state index contributed by atoms with van der Waals surface area (Å²) in [6.45, 7) is 1.61. The number of anilines is 2. The van der Waals surface area contributed by atoms with Gasteiger partial charge in [0, 0.05) is 34.9 Å². The normalized spacial score (nSPS) is 13.3. The van der Waals surface area contributed by atoms with Crippen LogP contribution in [0.1, 0.15) is 31.1 Å². The largest absolute Gasteiger partial charge is 0.378 e. The van der Waals surface area contributed by atoms with Gasteiger partial charge in [0.15, 0.2) is 0 Å².